The van der Waals surface area contributed by atoms with Crippen molar-refractivity contribution < 1.29 is 32.5 Å². The van der Waals surface area contributed by atoms with Crippen LogP contribution in [0.2, 0.25) is 5.02 Å². The van der Waals surface area contributed by atoms with Crippen LogP contribution in [0.3, 0.4) is 0 Å². The van der Waals surface area contributed by atoms with E-state index in [2.05, 4.69) is 14.6 Å². The molecule has 1 N–H and O–H groups in total. The Balaban J connectivity index is 1.04. The average Bonchev–Trinajstić information content (AvgIpc) is 3.69. The number of hydrogen-bond acceptors (Lipinski definition) is 8. The fourth-order valence-electron chi connectivity index (χ4n) is 8.71. The molecule has 0 amide bonds. The van der Waals surface area contributed by atoms with Crippen molar-refractivity contribution in [2.24, 2.45) is 5.92 Å². The number of rotatable bonds is 8. The molecule has 0 radical (unpaired) electrons. The molecule has 1 unspecified atom stereocenters. The lowest BCUT2D eigenvalue weighted by atomic mass is 9.73. The summed E-state index contributed by atoms with van der Waals surface area (Å²) in [6.07, 6.45) is -0.213. The van der Waals surface area contributed by atoms with Gasteiger partial charge in [0.2, 0.25) is 0 Å². The Bertz CT molecular complexity index is 2080. The van der Waals surface area contributed by atoms with Crippen LogP contribution < -0.4 is 10.3 Å². The molecule has 50 heavy (non-hydrogen) atoms. The van der Waals surface area contributed by atoms with E-state index < -0.39 is 18.4 Å². The van der Waals surface area contributed by atoms with E-state index in [0.29, 0.717) is 63.0 Å². The first kappa shape index (κ1) is 33.6. The van der Waals surface area contributed by atoms with Gasteiger partial charge in [0.25, 0.3) is 5.56 Å². The largest absolute Gasteiger partial charge is 0.522 e. The van der Waals surface area contributed by atoms with Crippen molar-refractivity contribution in [1.29, 1.82) is 0 Å². The van der Waals surface area contributed by atoms with E-state index in [-0.39, 0.29) is 47.7 Å². The van der Waals surface area contributed by atoms with Gasteiger partial charge in [0, 0.05) is 56.8 Å². The first-order valence-corrected chi connectivity index (χ1v) is 18.2. The van der Waals surface area contributed by atoms with Crippen LogP contribution in [-0.2, 0) is 23.1 Å². The molecule has 1 spiro atoms. The molecule has 9 rings (SSSR count). The third-order valence-electron chi connectivity index (χ3n) is 11.1. The number of carbonyl (C=O) groups is 1. The van der Waals surface area contributed by atoms with Crippen LogP contribution in [0.1, 0.15) is 71.7 Å². The average molecular weight is 729 g/mol. The van der Waals surface area contributed by atoms with Crippen molar-refractivity contribution in [2.45, 2.75) is 95.3 Å². The molecule has 4 fully saturated rings. The van der Waals surface area contributed by atoms with Crippen molar-refractivity contribution in [3.05, 3.63) is 73.4 Å². The van der Waals surface area contributed by atoms with E-state index in [4.69, 9.17) is 21.3 Å². The van der Waals surface area contributed by atoms with Crippen molar-refractivity contribution >= 4 is 39.1 Å². The van der Waals surface area contributed by atoms with E-state index in [1.165, 1.54) is 11.3 Å². The van der Waals surface area contributed by atoms with Crippen LogP contribution in [0.4, 0.5) is 13.2 Å². The Morgan fingerprint density at radius 2 is 1.94 bits per heavy atom. The maximum absolute atomic E-state index is 14.2. The Kier molecular flexibility index (Phi) is 8.28. The van der Waals surface area contributed by atoms with Gasteiger partial charge in [-0.15, -0.1) is 24.5 Å². The molecular weight excluding hydrogens is 693 g/mol. The number of piperidine rings is 2. The molecule has 5 aliphatic rings. The van der Waals surface area contributed by atoms with Gasteiger partial charge in [0.05, 0.1) is 34.1 Å². The number of pyridine rings is 1. The molecule has 5 heterocycles. The monoisotopic (exact) mass is 728 g/mol. The second-order valence-corrected chi connectivity index (χ2v) is 15.6. The normalized spacial score (nSPS) is 24.1. The Morgan fingerprint density at radius 3 is 2.64 bits per heavy atom. The van der Waals surface area contributed by atoms with Gasteiger partial charge in [-0.1, -0.05) is 11.6 Å². The minimum atomic E-state index is -4.64. The molecule has 14 heteroatoms. The van der Waals surface area contributed by atoms with Gasteiger partial charge in [0.1, 0.15) is 18.2 Å². The zero-order valence-electron chi connectivity index (χ0n) is 27.6. The van der Waals surface area contributed by atoms with Crippen molar-refractivity contribution in [3.63, 3.8) is 0 Å². The molecule has 2 saturated heterocycles. The molecular formula is C36H36ClF3N4O5S. The third-order valence-corrected chi connectivity index (χ3v) is 12.4. The summed E-state index contributed by atoms with van der Waals surface area (Å²) in [5.41, 5.74) is 4.01. The van der Waals surface area contributed by atoms with Crippen LogP contribution in [0.25, 0.3) is 21.3 Å². The number of aryl methyl sites for hydroxylation is 2. The maximum Gasteiger partial charge on any atom is 0.522 e. The summed E-state index contributed by atoms with van der Waals surface area (Å²) >= 11 is 7.73. The van der Waals surface area contributed by atoms with Gasteiger partial charge < -0.3 is 9.84 Å². The number of alkyl halides is 3. The Hall–Kier alpha value is -3.52. The minimum absolute atomic E-state index is 0.00705. The molecule has 1 aromatic carbocycles. The van der Waals surface area contributed by atoms with E-state index >= 15 is 0 Å². The highest BCUT2D eigenvalue weighted by atomic mass is 35.5. The Morgan fingerprint density at radius 1 is 1.14 bits per heavy atom. The first-order chi connectivity index (χ1) is 23.8. The molecule has 2 bridgehead atoms. The molecule has 3 aliphatic carbocycles. The molecule has 2 saturated carbocycles. The molecule has 9 nitrogen and oxygen atoms in total. The smallest absolute Gasteiger partial charge is 0.491 e. The highest BCUT2D eigenvalue weighted by molar-refractivity contribution is 7.18. The lowest BCUT2D eigenvalue weighted by molar-refractivity contribution is -0.356. The highest BCUT2D eigenvalue weighted by Gasteiger charge is 2.55. The van der Waals surface area contributed by atoms with Gasteiger partial charge in [-0.25, -0.2) is 9.78 Å². The molecule has 4 aromatic rings. The van der Waals surface area contributed by atoms with Gasteiger partial charge in [-0.2, -0.15) is 0 Å². The van der Waals surface area contributed by atoms with Gasteiger partial charge in [-0.05, 0) is 89.0 Å². The number of carboxylic acid groups (broad SMARTS) is 1. The molecule has 3 aromatic heterocycles. The van der Waals surface area contributed by atoms with Crippen LogP contribution in [0.5, 0.6) is 5.75 Å². The van der Waals surface area contributed by atoms with Crippen LogP contribution >= 0.6 is 22.9 Å². The summed E-state index contributed by atoms with van der Waals surface area (Å²) in [5, 5.41) is 11.8. The minimum Gasteiger partial charge on any atom is -0.491 e. The zero-order valence-corrected chi connectivity index (χ0v) is 29.1. The summed E-state index contributed by atoms with van der Waals surface area (Å²) in [7, 11) is 0. The van der Waals surface area contributed by atoms with Crippen molar-refractivity contribution in [1.82, 2.24) is 19.4 Å². The quantitative estimate of drug-likeness (QED) is 0.202. The zero-order chi connectivity index (χ0) is 35.1. The fraction of sp³-hybridized carbons (Fsp3) is 0.500. The second-order valence-electron chi connectivity index (χ2n) is 14.2. The van der Waals surface area contributed by atoms with Crippen LogP contribution in [0, 0.1) is 19.8 Å². The third kappa shape index (κ3) is 5.99. The van der Waals surface area contributed by atoms with E-state index in [1.807, 2.05) is 13.0 Å². The van der Waals surface area contributed by atoms with Gasteiger partial charge >= 0.3 is 12.3 Å². The predicted molar refractivity (Wildman–Crippen MR) is 182 cm³/mol. The number of carboxylic acids is 1. The molecule has 4 atom stereocenters. The SMILES string of the molecule is Cc1cc(-c2cc(Cl)ccc2OCCn2c(C)nc3c(c2=O)C[C@H](N2C[C@@H]4CC[C@H]2CC4OC(F)(F)F)CC32CC2)c2scc(C(=O)O)c2n1. The van der Waals surface area contributed by atoms with Crippen molar-refractivity contribution in [2.75, 3.05) is 13.2 Å². The first-order valence-electron chi connectivity index (χ1n) is 17.0. The summed E-state index contributed by atoms with van der Waals surface area (Å²) in [6.45, 7) is 4.62. The number of fused-ring (bicyclic) bond motifs is 6. The van der Waals surface area contributed by atoms with E-state index in [0.717, 1.165) is 43.4 Å². The van der Waals surface area contributed by atoms with E-state index in [1.54, 1.807) is 35.1 Å². The number of nitrogens with zero attached hydrogens (tertiary/aromatic N) is 4. The standard InChI is InChI=1S/C36H36ClF3N4O5S/c1-18-11-25(31-30(41-18)27(17-50-31)34(46)47)24-12-21(37)4-6-28(24)48-10-9-43-19(2)42-32-26(33(43)45)13-23(15-35(32)7-8-35)44-16-20-3-5-22(44)14-29(20)49-36(38,39)40/h4,6,11-12,17,20,22-23,29H,3,5,7-10,13-16H2,1-2H3,(H,46,47)/t20-,22-,23-,29?/m0/s1. The molecule has 264 valence electrons. The number of benzene rings is 1. The number of halogens is 4. The summed E-state index contributed by atoms with van der Waals surface area (Å²) in [4.78, 5) is 37.9. The van der Waals surface area contributed by atoms with E-state index in [9.17, 15) is 27.9 Å². The van der Waals surface area contributed by atoms with Gasteiger partial charge in [0.15, 0.2) is 0 Å². The van der Waals surface area contributed by atoms with Crippen LogP contribution in [0.15, 0.2) is 34.4 Å². The van der Waals surface area contributed by atoms with Gasteiger partial charge in [-0.3, -0.25) is 24.0 Å². The van der Waals surface area contributed by atoms with Crippen LogP contribution in [-0.4, -0.2) is 68.2 Å². The fourth-order valence-corrected chi connectivity index (χ4v) is 9.89. The number of hydrogen-bond donors (Lipinski definition) is 1. The number of ether oxygens (including phenoxy) is 2. The lowest BCUT2D eigenvalue weighted by Gasteiger charge is -2.53. The highest BCUT2D eigenvalue weighted by Crippen LogP contribution is 2.56. The summed E-state index contributed by atoms with van der Waals surface area (Å²) < 4.78 is 52.5. The summed E-state index contributed by atoms with van der Waals surface area (Å²) in [5.74, 6) is -0.0670. The lowest BCUT2D eigenvalue weighted by Crippen LogP contribution is -2.60. The number of aromatic nitrogens is 3. The van der Waals surface area contributed by atoms with Crippen molar-refractivity contribution in [3.8, 4) is 16.9 Å². The maximum atomic E-state index is 14.2. The number of thiophene rings is 1. The second kappa shape index (κ2) is 12.3. The predicted octanol–water partition coefficient (Wildman–Crippen LogP) is 7.30. The molecule has 2 aliphatic heterocycles. The topological polar surface area (TPSA) is 107 Å². The number of aromatic carboxylic acids is 1. The summed E-state index contributed by atoms with van der Waals surface area (Å²) in [6, 6.07) is 7.23. The Labute approximate surface area is 295 Å².